The van der Waals surface area contributed by atoms with Crippen LogP contribution in [0.25, 0.3) is 0 Å². The lowest BCUT2D eigenvalue weighted by molar-refractivity contribution is 0.0697. The third-order valence-corrected chi connectivity index (χ3v) is 3.01. The van der Waals surface area contributed by atoms with Crippen molar-refractivity contribution in [1.29, 1.82) is 0 Å². The van der Waals surface area contributed by atoms with Crippen molar-refractivity contribution in [2.24, 2.45) is 0 Å². The first-order valence-corrected chi connectivity index (χ1v) is 5.51. The molecule has 0 aromatic carbocycles. The molecule has 0 saturated carbocycles. The minimum Gasteiger partial charge on any atom is -0.478 e. The van der Waals surface area contributed by atoms with Crippen LogP contribution in [-0.4, -0.2) is 21.6 Å². The Morgan fingerprint density at radius 2 is 2.19 bits per heavy atom. The van der Waals surface area contributed by atoms with E-state index in [1.807, 2.05) is 17.5 Å². The van der Waals surface area contributed by atoms with Gasteiger partial charge in [0.05, 0.1) is 12.0 Å². The smallest absolute Gasteiger partial charge is 0.337 e. The molecular weight excluding hydrogens is 226 g/mol. The van der Waals surface area contributed by atoms with E-state index in [9.17, 15) is 9.59 Å². The van der Waals surface area contributed by atoms with E-state index in [0.717, 1.165) is 4.88 Å². The molecule has 1 N–H and O–H groups in total. The van der Waals surface area contributed by atoms with Gasteiger partial charge in [-0.2, -0.15) is 0 Å². The number of hydrogen-bond acceptors (Lipinski definition) is 3. The molecule has 2 aromatic rings. The quantitative estimate of drug-likeness (QED) is 0.886. The third kappa shape index (κ3) is 2.20. The fourth-order valence-corrected chi connectivity index (χ4v) is 2.03. The maximum absolute atomic E-state index is 11.7. The Morgan fingerprint density at radius 3 is 2.75 bits per heavy atom. The van der Waals surface area contributed by atoms with Crippen molar-refractivity contribution in [2.75, 3.05) is 0 Å². The molecule has 0 bridgehead atoms. The van der Waals surface area contributed by atoms with E-state index >= 15 is 0 Å². The van der Waals surface area contributed by atoms with E-state index in [0.29, 0.717) is 6.42 Å². The van der Waals surface area contributed by atoms with Gasteiger partial charge >= 0.3 is 5.97 Å². The minimum absolute atomic E-state index is 0.125. The van der Waals surface area contributed by atoms with Crippen LogP contribution in [0, 0.1) is 0 Å². The number of carbonyl (C=O) groups is 2. The van der Waals surface area contributed by atoms with Crippen LogP contribution < -0.4 is 0 Å². The molecule has 0 aliphatic heterocycles. The van der Waals surface area contributed by atoms with E-state index < -0.39 is 5.97 Å². The average Bonchev–Trinajstić information content (AvgIpc) is 2.86. The first-order valence-electron chi connectivity index (χ1n) is 4.63. The van der Waals surface area contributed by atoms with Gasteiger partial charge in [0.15, 0.2) is 0 Å². The predicted octanol–water partition coefficient (Wildman–Crippen LogP) is 2.13. The van der Waals surface area contributed by atoms with Crippen molar-refractivity contribution in [3.05, 3.63) is 46.4 Å². The van der Waals surface area contributed by atoms with Gasteiger partial charge in [0, 0.05) is 17.3 Å². The highest BCUT2D eigenvalue weighted by Crippen LogP contribution is 2.11. The molecule has 0 radical (unpaired) electrons. The molecule has 16 heavy (non-hydrogen) atoms. The number of carboxylic acid groups (broad SMARTS) is 1. The molecule has 82 valence electrons. The van der Waals surface area contributed by atoms with Gasteiger partial charge in [0.25, 0.3) is 0 Å². The lowest BCUT2D eigenvalue weighted by Crippen LogP contribution is -2.10. The van der Waals surface area contributed by atoms with E-state index in [1.54, 1.807) is 0 Å². The number of carbonyl (C=O) groups excluding carboxylic acids is 1. The van der Waals surface area contributed by atoms with Crippen LogP contribution in [0.4, 0.5) is 0 Å². The highest BCUT2D eigenvalue weighted by molar-refractivity contribution is 7.10. The summed E-state index contributed by atoms with van der Waals surface area (Å²) in [6.45, 7) is 0. The highest BCUT2D eigenvalue weighted by Gasteiger charge is 2.10. The zero-order valence-electron chi connectivity index (χ0n) is 8.29. The second-order valence-electron chi connectivity index (χ2n) is 3.26. The van der Waals surface area contributed by atoms with Crippen molar-refractivity contribution >= 4 is 23.2 Å². The van der Waals surface area contributed by atoms with Crippen LogP contribution >= 0.6 is 11.3 Å². The molecule has 0 spiro atoms. The summed E-state index contributed by atoms with van der Waals surface area (Å²) in [6.07, 6.45) is 3.10. The van der Waals surface area contributed by atoms with E-state index in [1.165, 1.54) is 34.4 Å². The first-order chi connectivity index (χ1) is 7.66. The Morgan fingerprint density at radius 1 is 1.38 bits per heavy atom. The number of rotatable bonds is 3. The summed E-state index contributed by atoms with van der Waals surface area (Å²) in [5.41, 5.74) is 0.125. The van der Waals surface area contributed by atoms with Crippen LogP contribution in [-0.2, 0) is 6.42 Å². The maximum atomic E-state index is 11.7. The topological polar surface area (TPSA) is 59.3 Å². The van der Waals surface area contributed by atoms with Gasteiger partial charge in [-0.1, -0.05) is 6.07 Å². The molecule has 0 aliphatic rings. The summed E-state index contributed by atoms with van der Waals surface area (Å²) in [5.74, 6) is -1.15. The molecule has 0 atom stereocenters. The molecule has 4 nitrogen and oxygen atoms in total. The largest absolute Gasteiger partial charge is 0.478 e. The van der Waals surface area contributed by atoms with Gasteiger partial charge in [-0.15, -0.1) is 11.3 Å². The summed E-state index contributed by atoms with van der Waals surface area (Å²) in [7, 11) is 0. The molecule has 0 unspecified atom stereocenters. The van der Waals surface area contributed by atoms with Crippen LogP contribution in [0.3, 0.4) is 0 Å². The molecular formula is C11H9NO3S. The Labute approximate surface area is 95.8 Å². The van der Waals surface area contributed by atoms with Crippen molar-refractivity contribution in [3.63, 3.8) is 0 Å². The zero-order chi connectivity index (χ0) is 11.5. The first kappa shape index (κ1) is 10.6. The fraction of sp³-hybridized carbons (Fsp3) is 0.0909. The SMILES string of the molecule is O=C(O)c1ccn(C(=O)Cc2cccs2)c1. The van der Waals surface area contributed by atoms with Crippen LogP contribution in [0.2, 0.25) is 0 Å². The molecule has 0 amide bonds. The maximum Gasteiger partial charge on any atom is 0.337 e. The van der Waals surface area contributed by atoms with Crippen molar-refractivity contribution in [1.82, 2.24) is 4.57 Å². The van der Waals surface area contributed by atoms with Gasteiger partial charge in [-0.3, -0.25) is 9.36 Å². The Bertz CT molecular complexity index is 513. The number of nitrogens with zero attached hydrogens (tertiary/aromatic N) is 1. The lowest BCUT2D eigenvalue weighted by atomic mass is 10.3. The second kappa shape index (κ2) is 4.32. The number of carboxylic acids is 1. The fourth-order valence-electron chi connectivity index (χ4n) is 1.33. The molecule has 2 rings (SSSR count). The number of aromatic nitrogens is 1. The summed E-state index contributed by atoms with van der Waals surface area (Å²) < 4.78 is 1.31. The van der Waals surface area contributed by atoms with Gasteiger partial charge in [-0.05, 0) is 17.5 Å². The molecule has 2 aromatic heterocycles. The van der Waals surface area contributed by atoms with Gasteiger partial charge < -0.3 is 5.11 Å². The van der Waals surface area contributed by atoms with Crippen molar-refractivity contribution in [3.8, 4) is 0 Å². The average molecular weight is 235 g/mol. The van der Waals surface area contributed by atoms with E-state index in [2.05, 4.69) is 0 Å². The summed E-state index contributed by atoms with van der Waals surface area (Å²) >= 11 is 1.51. The lowest BCUT2D eigenvalue weighted by Gasteiger charge is -1.98. The number of hydrogen-bond donors (Lipinski definition) is 1. The third-order valence-electron chi connectivity index (χ3n) is 2.13. The number of thiophene rings is 1. The number of aromatic carboxylic acids is 1. The van der Waals surface area contributed by atoms with E-state index in [4.69, 9.17) is 5.11 Å². The normalized spacial score (nSPS) is 10.2. The monoisotopic (exact) mass is 235 g/mol. The highest BCUT2D eigenvalue weighted by atomic mass is 32.1. The van der Waals surface area contributed by atoms with Crippen molar-refractivity contribution < 1.29 is 14.7 Å². The van der Waals surface area contributed by atoms with Crippen LogP contribution in [0.1, 0.15) is 20.0 Å². The van der Waals surface area contributed by atoms with E-state index in [-0.39, 0.29) is 11.5 Å². The zero-order valence-corrected chi connectivity index (χ0v) is 9.11. The molecule has 0 saturated heterocycles. The van der Waals surface area contributed by atoms with Crippen LogP contribution in [0.15, 0.2) is 36.0 Å². The standard InChI is InChI=1S/C11H9NO3S/c13-10(6-9-2-1-5-16-9)12-4-3-8(7-12)11(14)15/h1-5,7H,6H2,(H,14,15). The predicted molar refractivity (Wildman–Crippen MR) is 60.0 cm³/mol. The molecule has 0 aliphatic carbocycles. The second-order valence-corrected chi connectivity index (χ2v) is 4.29. The van der Waals surface area contributed by atoms with Crippen LogP contribution in [0.5, 0.6) is 0 Å². The summed E-state index contributed by atoms with van der Waals surface area (Å²) in [5, 5.41) is 10.6. The molecule has 0 fully saturated rings. The van der Waals surface area contributed by atoms with Crippen molar-refractivity contribution in [2.45, 2.75) is 6.42 Å². The molecule has 5 heteroatoms. The molecule has 2 heterocycles. The van der Waals surface area contributed by atoms with Gasteiger partial charge in [-0.25, -0.2) is 4.79 Å². The minimum atomic E-state index is -1.03. The van der Waals surface area contributed by atoms with Gasteiger partial charge in [0.2, 0.25) is 5.91 Å². The Hall–Kier alpha value is -1.88. The Kier molecular flexibility index (Phi) is 2.87. The summed E-state index contributed by atoms with van der Waals surface area (Å²) in [4.78, 5) is 23.3. The summed E-state index contributed by atoms with van der Waals surface area (Å²) in [6, 6.07) is 5.17. The van der Waals surface area contributed by atoms with Gasteiger partial charge in [0.1, 0.15) is 0 Å². The Balaban J connectivity index is 2.12.